The van der Waals surface area contributed by atoms with Crippen molar-refractivity contribution in [2.45, 2.75) is 25.7 Å². The van der Waals surface area contributed by atoms with Crippen molar-refractivity contribution in [1.29, 1.82) is 0 Å². The Morgan fingerprint density at radius 3 is 1.81 bits per heavy atom. The van der Waals surface area contributed by atoms with E-state index in [9.17, 15) is 13.2 Å². The van der Waals surface area contributed by atoms with Crippen molar-refractivity contribution in [3.05, 3.63) is 0 Å². The average Bonchev–Trinajstić information content (AvgIpc) is 3.25. The molecule has 2 saturated heterocycles. The van der Waals surface area contributed by atoms with E-state index in [1.165, 1.54) is 17.1 Å². The van der Waals surface area contributed by atoms with E-state index in [1.807, 2.05) is 9.80 Å². The van der Waals surface area contributed by atoms with Gasteiger partial charge in [0.05, 0.1) is 0 Å². The van der Waals surface area contributed by atoms with Crippen LogP contribution in [0.15, 0.2) is 0 Å². The first-order valence-electron chi connectivity index (χ1n) is 8.54. The largest absolute Gasteiger partial charge is 0.348 e. The van der Waals surface area contributed by atoms with Gasteiger partial charge in [-0.05, 0) is 50.1 Å². The second-order valence-corrected chi connectivity index (χ2v) is 8.89. The summed E-state index contributed by atoms with van der Waals surface area (Å²) < 4.78 is 24.4. The average molecular weight is 423 g/mol. The van der Waals surface area contributed by atoms with E-state index in [1.54, 1.807) is 7.05 Å². The standard InChI is InChI=1S/C14H26N6O3S3/c1-17(13(24)19-7-3-4-8-19)15-12(21)11-26(22,23)16-18(2)14(25)20-9-5-6-10-20/h16H,3-11H2,1-2H3,(H,15,21). The third-order valence-electron chi connectivity index (χ3n) is 4.22. The highest BCUT2D eigenvalue weighted by atomic mass is 32.2. The van der Waals surface area contributed by atoms with Crippen LogP contribution < -0.4 is 10.3 Å². The highest BCUT2D eigenvalue weighted by molar-refractivity contribution is 7.90. The van der Waals surface area contributed by atoms with Gasteiger partial charge in [0, 0.05) is 40.3 Å². The zero-order chi connectivity index (χ0) is 19.3. The van der Waals surface area contributed by atoms with Gasteiger partial charge in [-0.25, -0.2) is 8.42 Å². The van der Waals surface area contributed by atoms with Crippen molar-refractivity contribution in [1.82, 2.24) is 30.1 Å². The van der Waals surface area contributed by atoms with Crippen LogP contribution in [-0.4, -0.2) is 90.4 Å². The summed E-state index contributed by atoms with van der Waals surface area (Å²) in [6.07, 6.45) is 4.19. The van der Waals surface area contributed by atoms with Crippen LogP contribution in [0.5, 0.6) is 0 Å². The van der Waals surface area contributed by atoms with Crippen LogP contribution in [0.1, 0.15) is 25.7 Å². The molecule has 0 spiro atoms. The Labute approximate surface area is 165 Å². The summed E-state index contributed by atoms with van der Waals surface area (Å²) in [5, 5.41) is 3.53. The molecular formula is C14H26N6O3S3. The molecule has 0 bridgehead atoms. The second kappa shape index (κ2) is 9.11. The lowest BCUT2D eigenvalue weighted by molar-refractivity contribution is -0.121. The van der Waals surface area contributed by atoms with Crippen molar-refractivity contribution in [2.75, 3.05) is 46.0 Å². The van der Waals surface area contributed by atoms with Gasteiger partial charge in [0.2, 0.25) is 10.0 Å². The number of thiocarbonyl (C=S) groups is 2. The number of rotatable bonds is 4. The Morgan fingerprint density at radius 1 is 0.923 bits per heavy atom. The number of carbonyl (C=O) groups is 1. The van der Waals surface area contributed by atoms with E-state index in [0.29, 0.717) is 10.2 Å². The number of nitrogens with zero attached hydrogens (tertiary/aromatic N) is 4. The third-order valence-corrected chi connectivity index (χ3v) is 6.47. The maximum atomic E-state index is 12.2. The number of nitrogens with one attached hydrogen (secondary N) is 2. The summed E-state index contributed by atoms with van der Waals surface area (Å²) in [5.41, 5.74) is 2.50. The molecule has 2 aliphatic rings. The number of hydrogen-bond acceptors (Lipinski definition) is 5. The van der Waals surface area contributed by atoms with Gasteiger partial charge < -0.3 is 9.80 Å². The minimum atomic E-state index is -3.88. The Kier molecular flexibility index (Phi) is 7.38. The predicted molar refractivity (Wildman–Crippen MR) is 107 cm³/mol. The summed E-state index contributed by atoms with van der Waals surface area (Å²) >= 11 is 10.6. The smallest absolute Gasteiger partial charge is 0.255 e. The van der Waals surface area contributed by atoms with E-state index in [2.05, 4.69) is 10.3 Å². The van der Waals surface area contributed by atoms with Crippen LogP contribution in [-0.2, 0) is 14.8 Å². The van der Waals surface area contributed by atoms with Gasteiger partial charge >= 0.3 is 0 Å². The molecule has 0 aromatic rings. The molecule has 148 valence electrons. The van der Waals surface area contributed by atoms with Crippen LogP contribution in [0, 0.1) is 0 Å². The van der Waals surface area contributed by atoms with Crippen molar-refractivity contribution in [3.63, 3.8) is 0 Å². The fourth-order valence-electron chi connectivity index (χ4n) is 2.96. The molecule has 2 aliphatic heterocycles. The maximum absolute atomic E-state index is 12.2. The molecule has 0 unspecified atom stereocenters. The summed E-state index contributed by atoms with van der Waals surface area (Å²) in [4.78, 5) is 18.3. The minimum absolute atomic E-state index is 0.402. The highest BCUT2D eigenvalue weighted by Crippen LogP contribution is 2.10. The van der Waals surface area contributed by atoms with Crippen LogP contribution >= 0.6 is 24.4 Å². The third kappa shape index (κ3) is 5.89. The first-order chi connectivity index (χ1) is 12.2. The van der Waals surface area contributed by atoms with Gasteiger partial charge in [0.15, 0.2) is 10.2 Å². The van der Waals surface area contributed by atoms with Crippen molar-refractivity contribution in [2.24, 2.45) is 0 Å². The van der Waals surface area contributed by atoms with E-state index in [-0.39, 0.29) is 0 Å². The van der Waals surface area contributed by atoms with Crippen LogP contribution in [0.3, 0.4) is 0 Å². The molecule has 0 saturated carbocycles. The molecule has 2 fully saturated rings. The monoisotopic (exact) mass is 422 g/mol. The molecule has 0 aromatic carbocycles. The van der Waals surface area contributed by atoms with Gasteiger partial charge in [-0.1, -0.05) is 0 Å². The summed E-state index contributed by atoms with van der Waals surface area (Å²) in [6, 6.07) is 0. The molecule has 0 aliphatic carbocycles. The molecule has 2 N–H and O–H groups in total. The lowest BCUT2D eigenvalue weighted by Gasteiger charge is -2.29. The topological polar surface area (TPSA) is 88.2 Å². The summed E-state index contributed by atoms with van der Waals surface area (Å²) in [6.45, 7) is 3.31. The van der Waals surface area contributed by atoms with Gasteiger partial charge in [-0.15, -0.1) is 4.83 Å². The quantitative estimate of drug-likeness (QED) is 0.459. The van der Waals surface area contributed by atoms with Crippen LogP contribution in [0.4, 0.5) is 0 Å². The Balaban J connectivity index is 1.82. The molecule has 0 atom stereocenters. The van der Waals surface area contributed by atoms with Crippen LogP contribution in [0.25, 0.3) is 0 Å². The van der Waals surface area contributed by atoms with E-state index >= 15 is 0 Å². The number of hydrazine groups is 2. The molecule has 12 heteroatoms. The fraction of sp³-hybridized carbons (Fsp3) is 0.786. The maximum Gasteiger partial charge on any atom is 0.255 e. The summed E-state index contributed by atoms with van der Waals surface area (Å²) in [5.74, 6) is -1.38. The summed E-state index contributed by atoms with van der Waals surface area (Å²) in [7, 11) is -0.742. The van der Waals surface area contributed by atoms with Crippen molar-refractivity contribution in [3.8, 4) is 0 Å². The number of sulfonamides is 1. The van der Waals surface area contributed by atoms with E-state index < -0.39 is 21.7 Å². The lowest BCUT2D eigenvalue weighted by atomic mass is 10.4. The van der Waals surface area contributed by atoms with Crippen molar-refractivity contribution < 1.29 is 13.2 Å². The molecule has 26 heavy (non-hydrogen) atoms. The zero-order valence-corrected chi connectivity index (χ0v) is 17.6. The Hall–Kier alpha value is -1.24. The fourth-order valence-corrected chi connectivity index (χ4v) is 4.45. The first-order valence-corrected chi connectivity index (χ1v) is 11.0. The SMILES string of the molecule is CN(NC(=O)CS(=O)(=O)NN(C)C(=S)N1CCCC1)C(=S)N1CCCC1. The first kappa shape index (κ1) is 21.1. The van der Waals surface area contributed by atoms with Crippen LogP contribution in [0.2, 0.25) is 0 Å². The number of hydrogen-bond donors (Lipinski definition) is 2. The van der Waals surface area contributed by atoms with Gasteiger partial charge in [0.25, 0.3) is 5.91 Å². The van der Waals surface area contributed by atoms with Gasteiger partial charge in [-0.3, -0.25) is 20.2 Å². The Bertz CT molecular complexity index is 644. The molecule has 2 heterocycles. The number of carbonyl (C=O) groups excluding carboxylic acids is 1. The molecule has 1 amide bonds. The predicted octanol–water partition coefficient (Wildman–Crippen LogP) is -0.523. The highest BCUT2D eigenvalue weighted by Gasteiger charge is 2.25. The zero-order valence-electron chi connectivity index (χ0n) is 15.1. The normalized spacial score (nSPS) is 17.3. The van der Waals surface area contributed by atoms with E-state index in [4.69, 9.17) is 24.4 Å². The molecule has 0 aromatic heterocycles. The number of amides is 1. The molecule has 2 rings (SSSR count). The molecule has 9 nitrogen and oxygen atoms in total. The van der Waals surface area contributed by atoms with Crippen molar-refractivity contribution >= 4 is 50.6 Å². The molecular weight excluding hydrogens is 396 g/mol. The van der Waals surface area contributed by atoms with Gasteiger partial charge in [-0.2, -0.15) is 0 Å². The minimum Gasteiger partial charge on any atom is -0.348 e. The lowest BCUT2D eigenvalue weighted by Crippen LogP contribution is -2.53. The Morgan fingerprint density at radius 2 is 1.35 bits per heavy atom. The second-order valence-electron chi connectivity index (χ2n) is 6.46. The van der Waals surface area contributed by atoms with Gasteiger partial charge in [0.1, 0.15) is 5.75 Å². The number of likely N-dealkylation sites (tertiary alicyclic amines) is 2. The molecule has 0 radical (unpaired) electrons. The van der Waals surface area contributed by atoms with E-state index in [0.717, 1.165) is 51.9 Å².